The van der Waals surface area contributed by atoms with Gasteiger partial charge < -0.3 is 14.0 Å². The number of nitrogens with zero attached hydrogens (tertiary/aromatic N) is 3. The molecular formula is C19H21N3O3S. The number of hydrogen-bond acceptors (Lipinski definition) is 6. The lowest BCUT2D eigenvalue weighted by Gasteiger charge is -2.11. The molecule has 0 saturated heterocycles. The summed E-state index contributed by atoms with van der Waals surface area (Å²) in [5.41, 5.74) is 5.27. The Morgan fingerprint density at radius 2 is 2.04 bits per heavy atom. The molecular weight excluding hydrogens is 350 g/mol. The summed E-state index contributed by atoms with van der Waals surface area (Å²) in [5.74, 6) is 1.20. The van der Waals surface area contributed by atoms with Crippen molar-refractivity contribution in [2.45, 2.75) is 24.8 Å². The maximum absolute atomic E-state index is 11.7. The molecule has 2 heterocycles. The number of pyridine rings is 1. The lowest BCUT2D eigenvalue weighted by atomic mass is 10.1. The SMILES string of the molecule is COC(=O)c1ccc2c(c1)nc(SCc1ncc(C)c(OC)c1C)n2C. The molecule has 0 atom stereocenters. The highest BCUT2D eigenvalue weighted by Gasteiger charge is 2.14. The van der Waals surface area contributed by atoms with Gasteiger partial charge in [-0.2, -0.15) is 0 Å². The second-order valence-electron chi connectivity index (χ2n) is 5.98. The molecule has 0 fully saturated rings. The van der Waals surface area contributed by atoms with Crippen molar-refractivity contribution in [1.29, 1.82) is 0 Å². The molecule has 0 N–H and O–H groups in total. The summed E-state index contributed by atoms with van der Waals surface area (Å²) in [6.45, 7) is 4.01. The van der Waals surface area contributed by atoms with Gasteiger partial charge >= 0.3 is 5.97 Å². The summed E-state index contributed by atoms with van der Waals surface area (Å²) in [7, 11) is 5.01. The van der Waals surface area contributed by atoms with E-state index in [9.17, 15) is 4.79 Å². The smallest absolute Gasteiger partial charge is 0.337 e. The van der Waals surface area contributed by atoms with Crippen molar-refractivity contribution in [1.82, 2.24) is 14.5 Å². The van der Waals surface area contributed by atoms with E-state index < -0.39 is 0 Å². The van der Waals surface area contributed by atoms with Crippen LogP contribution in [0, 0.1) is 13.8 Å². The zero-order chi connectivity index (χ0) is 18.8. The number of imidazole rings is 1. The fourth-order valence-electron chi connectivity index (χ4n) is 2.90. The van der Waals surface area contributed by atoms with Crippen molar-refractivity contribution in [3.63, 3.8) is 0 Å². The first kappa shape index (κ1) is 18.3. The topological polar surface area (TPSA) is 66.2 Å². The van der Waals surface area contributed by atoms with E-state index in [0.29, 0.717) is 11.3 Å². The molecule has 0 aliphatic carbocycles. The molecule has 0 bridgehead atoms. The van der Waals surface area contributed by atoms with Crippen molar-refractivity contribution >= 4 is 28.8 Å². The molecule has 1 aromatic carbocycles. The van der Waals surface area contributed by atoms with Gasteiger partial charge in [0, 0.05) is 30.1 Å². The van der Waals surface area contributed by atoms with Gasteiger partial charge in [0.1, 0.15) is 5.75 Å². The quantitative estimate of drug-likeness (QED) is 0.504. The number of hydrogen-bond donors (Lipinski definition) is 0. The van der Waals surface area contributed by atoms with Gasteiger partial charge in [0.05, 0.1) is 36.5 Å². The number of rotatable bonds is 5. The lowest BCUT2D eigenvalue weighted by molar-refractivity contribution is 0.0601. The molecule has 0 amide bonds. The maximum atomic E-state index is 11.7. The Balaban J connectivity index is 1.88. The van der Waals surface area contributed by atoms with Gasteiger partial charge in [0.2, 0.25) is 0 Å². The summed E-state index contributed by atoms with van der Waals surface area (Å²) in [6, 6.07) is 5.39. The van der Waals surface area contributed by atoms with Gasteiger partial charge in [-0.15, -0.1) is 0 Å². The number of carbonyl (C=O) groups excluding carboxylic acids is 1. The van der Waals surface area contributed by atoms with Crippen LogP contribution in [-0.4, -0.2) is 34.7 Å². The highest BCUT2D eigenvalue weighted by Crippen LogP contribution is 2.30. The van der Waals surface area contributed by atoms with Crippen LogP contribution in [-0.2, 0) is 17.5 Å². The third-order valence-corrected chi connectivity index (χ3v) is 5.39. The van der Waals surface area contributed by atoms with Gasteiger partial charge in [-0.1, -0.05) is 11.8 Å². The second-order valence-corrected chi connectivity index (χ2v) is 6.93. The van der Waals surface area contributed by atoms with E-state index in [1.165, 1.54) is 7.11 Å². The average Bonchev–Trinajstić information content (AvgIpc) is 2.96. The molecule has 2 aromatic heterocycles. The van der Waals surface area contributed by atoms with Crippen molar-refractivity contribution in [3.05, 3.63) is 46.8 Å². The van der Waals surface area contributed by atoms with E-state index in [4.69, 9.17) is 9.47 Å². The summed E-state index contributed by atoms with van der Waals surface area (Å²) in [6.07, 6.45) is 1.83. The molecule has 3 aromatic rings. The van der Waals surface area contributed by atoms with Crippen LogP contribution in [0.15, 0.2) is 29.6 Å². The molecule has 26 heavy (non-hydrogen) atoms. The molecule has 0 spiro atoms. The van der Waals surface area contributed by atoms with Crippen LogP contribution in [0.2, 0.25) is 0 Å². The zero-order valence-electron chi connectivity index (χ0n) is 15.5. The zero-order valence-corrected chi connectivity index (χ0v) is 16.3. The number of aromatic nitrogens is 3. The largest absolute Gasteiger partial charge is 0.496 e. The first-order valence-corrected chi connectivity index (χ1v) is 9.11. The van der Waals surface area contributed by atoms with Crippen molar-refractivity contribution in [2.75, 3.05) is 14.2 Å². The standard InChI is InChI=1S/C19H21N3O3S/c1-11-9-20-15(12(2)17(11)24-4)10-26-19-21-14-8-13(18(23)25-5)6-7-16(14)22(19)3/h6-9H,10H2,1-5H3. The van der Waals surface area contributed by atoms with Crippen LogP contribution in [0.1, 0.15) is 27.2 Å². The number of methoxy groups -OCH3 is 2. The first-order valence-electron chi connectivity index (χ1n) is 8.13. The Morgan fingerprint density at radius 1 is 1.27 bits per heavy atom. The fraction of sp³-hybridized carbons (Fsp3) is 0.316. The Bertz CT molecular complexity index is 982. The van der Waals surface area contributed by atoms with E-state index in [1.54, 1.807) is 31.0 Å². The Kier molecular flexibility index (Phi) is 5.18. The van der Waals surface area contributed by atoms with Crippen molar-refractivity contribution in [3.8, 4) is 5.75 Å². The predicted molar refractivity (Wildman–Crippen MR) is 102 cm³/mol. The van der Waals surface area contributed by atoms with Crippen molar-refractivity contribution < 1.29 is 14.3 Å². The highest BCUT2D eigenvalue weighted by molar-refractivity contribution is 7.98. The monoisotopic (exact) mass is 371 g/mol. The van der Waals surface area contributed by atoms with Crippen LogP contribution in [0.25, 0.3) is 11.0 Å². The number of ether oxygens (including phenoxy) is 2. The first-order chi connectivity index (χ1) is 12.5. The Morgan fingerprint density at radius 3 is 2.73 bits per heavy atom. The van der Waals surface area contributed by atoms with Crippen LogP contribution in [0.5, 0.6) is 5.75 Å². The number of carbonyl (C=O) groups is 1. The molecule has 0 radical (unpaired) electrons. The van der Waals surface area contributed by atoms with Crippen LogP contribution < -0.4 is 4.74 Å². The van der Waals surface area contributed by atoms with Crippen molar-refractivity contribution in [2.24, 2.45) is 7.05 Å². The molecule has 3 rings (SSSR count). The Hall–Kier alpha value is -2.54. The van der Waals surface area contributed by atoms with Crippen LogP contribution >= 0.6 is 11.8 Å². The average molecular weight is 371 g/mol. The predicted octanol–water partition coefficient (Wildman–Crippen LogP) is 3.67. The minimum Gasteiger partial charge on any atom is -0.496 e. The molecule has 7 heteroatoms. The van der Waals surface area contributed by atoms with Gasteiger partial charge in [-0.25, -0.2) is 9.78 Å². The van der Waals surface area contributed by atoms with Crippen LogP contribution in [0.4, 0.5) is 0 Å². The third-order valence-electron chi connectivity index (χ3n) is 4.35. The molecule has 136 valence electrons. The van der Waals surface area contributed by atoms with E-state index >= 15 is 0 Å². The van der Waals surface area contributed by atoms with Gasteiger partial charge in [0.25, 0.3) is 0 Å². The highest BCUT2D eigenvalue weighted by atomic mass is 32.2. The maximum Gasteiger partial charge on any atom is 0.337 e. The van der Waals surface area contributed by atoms with Gasteiger partial charge in [-0.3, -0.25) is 4.98 Å². The summed E-state index contributed by atoms with van der Waals surface area (Å²) in [5, 5.41) is 0.864. The second kappa shape index (κ2) is 7.37. The minimum absolute atomic E-state index is 0.363. The van der Waals surface area contributed by atoms with E-state index in [0.717, 1.165) is 38.8 Å². The normalized spacial score (nSPS) is 11.0. The summed E-state index contributed by atoms with van der Waals surface area (Å²) < 4.78 is 12.3. The number of thioether (sulfide) groups is 1. The van der Waals surface area contributed by atoms with Crippen LogP contribution in [0.3, 0.4) is 0 Å². The fourth-order valence-corrected chi connectivity index (χ4v) is 3.91. The molecule has 0 saturated carbocycles. The molecule has 6 nitrogen and oxygen atoms in total. The lowest BCUT2D eigenvalue weighted by Crippen LogP contribution is -2.00. The third kappa shape index (κ3) is 3.26. The number of aryl methyl sites for hydroxylation is 2. The summed E-state index contributed by atoms with van der Waals surface area (Å²) >= 11 is 1.60. The molecule has 0 aliphatic rings. The summed E-state index contributed by atoms with van der Waals surface area (Å²) in [4.78, 5) is 20.9. The number of benzene rings is 1. The van der Waals surface area contributed by atoms with Gasteiger partial charge in [0.15, 0.2) is 5.16 Å². The molecule has 0 unspecified atom stereocenters. The van der Waals surface area contributed by atoms with E-state index in [1.807, 2.05) is 37.7 Å². The van der Waals surface area contributed by atoms with Gasteiger partial charge in [-0.05, 0) is 32.0 Å². The number of fused-ring (bicyclic) bond motifs is 1. The Labute approximate surface area is 156 Å². The number of esters is 1. The van der Waals surface area contributed by atoms with E-state index in [2.05, 4.69) is 9.97 Å². The minimum atomic E-state index is -0.363. The molecule has 0 aliphatic heterocycles. The van der Waals surface area contributed by atoms with E-state index in [-0.39, 0.29) is 5.97 Å².